The van der Waals surface area contributed by atoms with Gasteiger partial charge in [-0.25, -0.2) is 0 Å². The fraction of sp³-hybridized carbons (Fsp3) is 0.0909. The summed E-state index contributed by atoms with van der Waals surface area (Å²) in [6.07, 6.45) is 0. The van der Waals surface area contributed by atoms with Gasteiger partial charge < -0.3 is 20.5 Å². The summed E-state index contributed by atoms with van der Waals surface area (Å²) in [5.41, 5.74) is 8.30. The number of hydrogen-bond donors (Lipinski definition) is 2. The number of carbonyl (C=O) groups excluding carboxylic acids is 2. The summed E-state index contributed by atoms with van der Waals surface area (Å²) in [5, 5.41) is 2.76. The Labute approximate surface area is 162 Å². The summed E-state index contributed by atoms with van der Waals surface area (Å²) < 4.78 is 10.7. The maximum absolute atomic E-state index is 12.2. The number of carbonyl (C=O) groups is 2. The van der Waals surface area contributed by atoms with Crippen molar-refractivity contribution in [3.63, 3.8) is 0 Å². The Kier molecular flexibility index (Phi) is 5.91. The van der Waals surface area contributed by atoms with E-state index < -0.39 is 5.91 Å². The molecule has 0 radical (unpaired) electrons. The molecule has 0 saturated heterocycles. The quantitative estimate of drug-likeness (QED) is 0.660. The SMILES string of the molecule is COc1cccc(C(N)=O)c1OCC(=O)Nc1ccc(-c2ccccc2)cc1. The Morgan fingerprint density at radius 3 is 2.21 bits per heavy atom. The standard InChI is InChI=1S/C22H20N2O4/c1-27-19-9-5-8-18(22(23)26)21(19)28-14-20(25)24-17-12-10-16(11-13-17)15-6-3-2-4-7-15/h2-13H,14H2,1H3,(H2,23,26)(H,24,25). The number of nitrogens with two attached hydrogens (primary N) is 1. The van der Waals surface area contributed by atoms with Crippen LogP contribution in [0.3, 0.4) is 0 Å². The number of methoxy groups -OCH3 is 1. The van der Waals surface area contributed by atoms with Crippen molar-refractivity contribution in [2.24, 2.45) is 5.73 Å². The molecule has 3 N–H and O–H groups in total. The molecule has 3 rings (SSSR count). The van der Waals surface area contributed by atoms with Crippen molar-refractivity contribution in [3.8, 4) is 22.6 Å². The molecule has 0 saturated carbocycles. The van der Waals surface area contributed by atoms with Crippen LogP contribution in [0.1, 0.15) is 10.4 Å². The molecule has 0 atom stereocenters. The molecule has 0 aliphatic heterocycles. The molecular weight excluding hydrogens is 356 g/mol. The number of hydrogen-bond acceptors (Lipinski definition) is 4. The molecule has 0 aliphatic rings. The van der Waals surface area contributed by atoms with E-state index in [0.717, 1.165) is 11.1 Å². The maximum atomic E-state index is 12.2. The minimum Gasteiger partial charge on any atom is -0.493 e. The molecule has 0 unspecified atom stereocenters. The van der Waals surface area contributed by atoms with Crippen molar-refractivity contribution in [1.82, 2.24) is 0 Å². The van der Waals surface area contributed by atoms with Crippen LogP contribution >= 0.6 is 0 Å². The first-order chi connectivity index (χ1) is 13.6. The minimum absolute atomic E-state index is 0.145. The van der Waals surface area contributed by atoms with E-state index in [0.29, 0.717) is 11.4 Å². The molecule has 2 amide bonds. The van der Waals surface area contributed by atoms with E-state index in [4.69, 9.17) is 15.2 Å². The molecule has 0 bridgehead atoms. The molecule has 6 heteroatoms. The highest BCUT2D eigenvalue weighted by molar-refractivity contribution is 5.97. The molecule has 3 aromatic carbocycles. The molecule has 28 heavy (non-hydrogen) atoms. The molecular formula is C22H20N2O4. The normalized spacial score (nSPS) is 10.2. The number of primary amides is 1. The summed E-state index contributed by atoms with van der Waals surface area (Å²) in [6, 6.07) is 22.2. The van der Waals surface area contributed by atoms with Crippen LogP contribution < -0.4 is 20.5 Å². The first-order valence-corrected chi connectivity index (χ1v) is 8.63. The van der Waals surface area contributed by atoms with E-state index in [1.807, 2.05) is 54.6 Å². The summed E-state index contributed by atoms with van der Waals surface area (Å²) in [5.74, 6) is -0.553. The van der Waals surface area contributed by atoms with Gasteiger partial charge in [0.2, 0.25) is 0 Å². The Morgan fingerprint density at radius 1 is 0.893 bits per heavy atom. The monoisotopic (exact) mass is 376 g/mol. The first kappa shape index (κ1) is 19.0. The van der Waals surface area contributed by atoms with Crippen molar-refractivity contribution in [3.05, 3.63) is 78.4 Å². The van der Waals surface area contributed by atoms with Crippen molar-refractivity contribution >= 4 is 17.5 Å². The van der Waals surface area contributed by atoms with Gasteiger partial charge in [0.25, 0.3) is 11.8 Å². The zero-order chi connectivity index (χ0) is 19.9. The van der Waals surface area contributed by atoms with Crippen molar-refractivity contribution in [1.29, 1.82) is 0 Å². The van der Waals surface area contributed by atoms with Crippen LogP contribution in [-0.2, 0) is 4.79 Å². The zero-order valence-corrected chi connectivity index (χ0v) is 15.3. The van der Waals surface area contributed by atoms with Gasteiger partial charge in [0.1, 0.15) is 0 Å². The number of nitrogens with one attached hydrogen (secondary N) is 1. The summed E-state index contributed by atoms with van der Waals surface area (Å²) in [7, 11) is 1.45. The molecule has 6 nitrogen and oxygen atoms in total. The van der Waals surface area contributed by atoms with Crippen LogP contribution in [-0.4, -0.2) is 25.5 Å². The fourth-order valence-electron chi connectivity index (χ4n) is 2.73. The number of anilines is 1. The Hall–Kier alpha value is -3.80. The summed E-state index contributed by atoms with van der Waals surface area (Å²) >= 11 is 0. The number of para-hydroxylation sites is 1. The third-order valence-electron chi connectivity index (χ3n) is 4.09. The second-order valence-corrected chi connectivity index (χ2v) is 5.98. The maximum Gasteiger partial charge on any atom is 0.262 e. The highest BCUT2D eigenvalue weighted by atomic mass is 16.5. The van der Waals surface area contributed by atoms with Crippen LogP contribution in [0.5, 0.6) is 11.5 Å². The zero-order valence-electron chi connectivity index (χ0n) is 15.3. The number of ether oxygens (including phenoxy) is 2. The van der Waals surface area contributed by atoms with Gasteiger partial charge in [0, 0.05) is 5.69 Å². The smallest absolute Gasteiger partial charge is 0.262 e. The van der Waals surface area contributed by atoms with Crippen LogP contribution in [0.2, 0.25) is 0 Å². The highest BCUT2D eigenvalue weighted by Gasteiger charge is 2.16. The largest absolute Gasteiger partial charge is 0.493 e. The van der Waals surface area contributed by atoms with Gasteiger partial charge in [0.05, 0.1) is 12.7 Å². The highest BCUT2D eigenvalue weighted by Crippen LogP contribution is 2.30. The second kappa shape index (κ2) is 8.73. The Morgan fingerprint density at radius 2 is 1.57 bits per heavy atom. The van der Waals surface area contributed by atoms with Gasteiger partial charge in [-0.3, -0.25) is 9.59 Å². The molecule has 0 fully saturated rings. The number of amides is 2. The van der Waals surface area contributed by atoms with Crippen LogP contribution in [0.4, 0.5) is 5.69 Å². The van der Waals surface area contributed by atoms with Crippen molar-refractivity contribution in [2.45, 2.75) is 0 Å². The van der Waals surface area contributed by atoms with Gasteiger partial charge in [-0.1, -0.05) is 48.5 Å². The lowest BCUT2D eigenvalue weighted by Gasteiger charge is -2.13. The van der Waals surface area contributed by atoms with Crippen LogP contribution in [0.15, 0.2) is 72.8 Å². The van der Waals surface area contributed by atoms with Crippen molar-refractivity contribution < 1.29 is 19.1 Å². The summed E-state index contributed by atoms with van der Waals surface area (Å²) in [4.78, 5) is 23.8. The number of benzene rings is 3. The molecule has 142 valence electrons. The summed E-state index contributed by atoms with van der Waals surface area (Å²) in [6.45, 7) is -0.291. The Bertz CT molecular complexity index is 970. The van der Waals surface area contributed by atoms with Gasteiger partial charge in [-0.15, -0.1) is 0 Å². The molecule has 0 aromatic heterocycles. The topological polar surface area (TPSA) is 90.7 Å². The lowest BCUT2D eigenvalue weighted by Crippen LogP contribution is -2.22. The fourth-order valence-corrected chi connectivity index (χ4v) is 2.73. The van der Waals surface area contributed by atoms with Crippen LogP contribution in [0, 0.1) is 0 Å². The van der Waals surface area contributed by atoms with E-state index in [1.54, 1.807) is 12.1 Å². The average molecular weight is 376 g/mol. The van der Waals surface area contributed by atoms with E-state index >= 15 is 0 Å². The van der Waals surface area contributed by atoms with Gasteiger partial charge in [0.15, 0.2) is 18.1 Å². The second-order valence-electron chi connectivity index (χ2n) is 5.98. The predicted molar refractivity (Wildman–Crippen MR) is 108 cm³/mol. The van der Waals surface area contributed by atoms with Gasteiger partial charge in [-0.05, 0) is 35.4 Å². The Balaban J connectivity index is 1.65. The van der Waals surface area contributed by atoms with Crippen LogP contribution in [0.25, 0.3) is 11.1 Å². The predicted octanol–water partition coefficient (Wildman–Crippen LogP) is 3.48. The van der Waals surface area contributed by atoms with Gasteiger partial charge in [-0.2, -0.15) is 0 Å². The number of rotatable bonds is 7. The van der Waals surface area contributed by atoms with Crippen molar-refractivity contribution in [2.75, 3.05) is 19.0 Å². The lowest BCUT2D eigenvalue weighted by molar-refractivity contribution is -0.118. The van der Waals surface area contributed by atoms with Gasteiger partial charge >= 0.3 is 0 Å². The van der Waals surface area contributed by atoms with E-state index in [1.165, 1.54) is 13.2 Å². The molecule has 0 heterocycles. The minimum atomic E-state index is -0.661. The molecule has 0 spiro atoms. The first-order valence-electron chi connectivity index (χ1n) is 8.63. The third-order valence-corrected chi connectivity index (χ3v) is 4.09. The van der Waals surface area contributed by atoms with E-state index in [9.17, 15) is 9.59 Å². The van der Waals surface area contributed by atoms with E-state index in [2.05, 4.69) is 5.32 Å². The third kappa shape index (κ3) is 4.48. The average Bonchev–Trinajstić information content (AvgIpc) is 2.73. The molecule has 0 aliphatic carbocycles. The molecule has 3 aromatic rings. The lowest BCUT2D eigenvalue weighted by atomic mass is 10.1. The van der Waals surface area contributed by atoms with E-state index in [-0.39, 0.29) is 23.8 Å².